The molecule has 1 amide bonds. The predicted octanol–water partition coefficient (Wildman–Crippen LogP) is 4.00. The first kappa shape index (κ1) is 21.2. The first-order valence-corrected chi connectivity index (χ1v) is 10.7. The lowest BCUT2D eigenvalue weighted by Crippen LogP contribution is -2.31. The summed E-state index contributed by atoms with van der Waals surface area (Å²) in [7, 11) is -2.85. The maximum Gasteiger partial charge on any atom is 0.285 e. The molecule has 0 fully saturated rings. The van der Waals surface area contributed by atoms with Gasteiger partial charge in [0.15, 0.2) is 0 Å². The van der Waals surface area contributed by atoms with Crippen molar-refractivity contribution in [3.8, 4) is 17.1 Å². The Hall–Kier alpha value is -2.55. The van der Waals surface area contributed by atoms with Crippen molar-refractivity contribution in [1.82, 2.24) is 14.3 Å². The highest BCUT2D eigenvalue weighted by molar-refractivity contribution is 7.90. The van der Waals surface area contributed by atoms with Crippen LogP contribution in [0.3, 0.4) is 0 Å². The molecule has 7 nitrogen and oxygen atoms in total. The number of benzene rings is 2. The van der Waals surface area contributed by atoms with E-state index in [9.17, 15) is 13.2 Å². The third-order valence-corrected chi connectivity index (χ3v) is 6.26. The van der Waals surface area contributed by atoms with Gasteiger partial charge in [-0.3, -0.25) is 4.79 Å². The number of hydrogen-bond acceptors (Lipinski definition) is 5. The minimum atomic E-state index is -4.24. The molecule has 0 aliphatic carbocycles. The Balaban J connectivity index is 1.95. The summed E-state index contributed by atoms with van der Waals surface area (Å²) in [4.78, 5) is 16.6. The van der Waals surface area contributed by atoms with E-state index in [1.807, 2.05) is 11.6 Å². The predicted molar refractivity (Wildman–Crippen MR) is 111 cm³/mol. The van der Waals surface area contributed by atoms with E-state index in [1.165, 1.54) is 31.5 Å². The van der Waals surface area contributed by atoms with E-state index in [0.29, 0.717) is 28.7 Å². The minimum Gasteiger partial charge on any atom is -0.497 e. The quantitative estimate of drug-likeness (QED) is 0.608. The number of rotatable bonds is 6. The fourth-order valence-electron chi connectivity index (χ4n) is 2.67. The van der Waals surface area contributed by atoms with Gasteiger partial charge in [-0.2, -0.15) is 0 Å². The number of amides is 1. The summed E-state index contributed by atoms with van der Waals surface area (Å²) in [5.74, 6) is -0.136. The molecule has 0 unspecified atom stereocenters. The fraction of sp³-hybridized carbons (Fsp3) is 0.158. The Morgan fingerprint density at radius 1 is 1.17 bits per heavy atom. The third-order valence-electron chi connectivity index (χ3n) is 4.12. The Labute approximate surface area is 178 Å². The zero-order chi connectivity index (χ0) is 21.2. The van der Waals surface area contributed by atoms with Crippen LogP contribution in [-0.2, 0) is 16.6 Å². The maximum atomic E-state index is 12.7. The highest BCUT2D eigenvalue weighted by Gasteiger charge is 2.25. The number of ether oxygens (including phenoxy) is 1. The van der Waals surface area contributed by atoms with E-state index in [1.54, 1.807) is 28.8 Å². The van der Waals surface area contributed by atoms with E-state index >= 15 is 0 Å². The maximum absolute atomic E-state index is 12.7. The molecule has 10 heteroatoms. The van der Waals surface area contributed by atoms with E-state index < -0.39 is 15.9 Å². The molecule has 0 radical (unpaired) electrons. The van der Waals surface area contributed by atoms with Gasteiger partial charge in [0.05, 0.1) is 17.2 Å². The number of nitrogens with one attached hydrogen (secondary N) is 1. The molecule has 29 heavy (non-hydrogen) atoms. The number of carbonyl (C=O) groups is 1. The second-order valence-corrected chi connectivity index (χ2v) is 8.41. The smallest absolute Gasteiger partial charge is 0.285 e. The molecule has 1 heterocycles. The van der Waals surface area contributed by atoms with Crippen molar-refractivity contribution in [2.24, 2.45) is 0 Å². The van der Waals surface area contributed by atoms with Crippen LogP contribution in [0.4, 0.5) is 0 Å². The minimum absolute atomic E-state index is 0.0399. The van der Waals surface area contributed by atoms with Crippen molar-refractivity contribution in [2.45, 2.75) is 18.4 Å². The van der Waals surface area contributed by atoms with Gasteiger partial charge >= 0.3 is 0 Å². The van der Waals surface area contributed by atoms with Crippen molar-refractivity contribution in [3.63, 3.8) is 0 Å². The first-order valence-electron chi connectivity index (χ1n) is 8.49. The van der Waals surface area contributed by atoms with Crippen LogP contribution in [0.15, 0.2) is 53.6 Å². The number of sulfonamides is 1. The SMILES string of the molecule is CCn1cc(C(=O)NS(=O)(=O)c2cc(OC)ccc2Cl)nc1-c1ccccc1Cl. The van der Waals surface area contributed by atoms with Gasteiger partial charge in [0.25, 0.3) is 15.9 Å². The number of imidazole rings is 1. The van der Waals surface area contributed by atoms with Crippen molar-refractivity contribution in [1.29, 1.82) is 0 Å². The van der Waals surface area contributed by atoms with Crippen LogP contribution in [0.2, 0.25) is 10.0 Å². The second-order valence-electron chi connectivity index (χ2n) is 5.95. The molecule has 0 atom stereocenters. The number of aromatic nitrogens is 2. The molecule has 2 aromatic carbocycles. The van der Waals surface area contributed by atoms with Gasteiger partial charge in [0.1, 0.15) is 22.2 Å². The van der Waals surface area contributed by atoms with Crippen molar-refractivity contribution >= 4 is 39.1 Å². The zero-order valence-electron chi connectivity index (χ0n) is 15.5. The van der Waals surface area contributed by atoms with E-state index in [0.717, 1.165) is 0 Å². The van der Waals surface area contributed by atoms with Crippen LogP contribution < -0.4 is 9.46 Å². The summed E-state index contributed by atoms with van der Waals surface area (Å²) < 4.78 is 34.1. The number of halogens is 2. The summed E-state index contributed by atoms with van der Waals surface area (Å²) in [6.07, 6.45) is 1.47. The standard InChI is InChI=1S/C19H17Cl2N3O4S/c1-3-24-11-16(22-18(24)13-6-4-5-7-14(13)20)19(25)23-29(26,27)17-10-12(28-2)8-9-15(17)21/h4-11H,3H2,1-2H3,(H,23,25). The molecule has 0 spiro atoms. The second kappa shape index (κ2) is 8.44. The Morgan fingerprint density at radius 3 is 2.55 bits per heavy atom. The Morgan fingerprint density at radius 2 is 1.90 bits per heavy atom. The van der Waals surface area contributed by atoms with Crippen LogP contribution >= 0.6 is 23.2 Å². The van der Waals surface area contributed by atoms with Gasteiger partial charge < -0.3 is 9.30 Å². The summed E-state index contributed by atoms with van der Waals surface area (Å²) in [5, 5.41) is 0.428. The van der Waals surface area contributed by atoms with Crippen LogP contribution in [0.1, 0.15) is 17.4 Å². The summed E-state index contributed by atoms with van der Waals surface area (Å²) in [6, 6.07) is 11.2. The molecule has 1 aromatic heterocycles. The summed E-state index contributed by atoms with van der Waals surface area (Å²) in [6.45, 7) is 2.38. The first-order chi connectivity index (χ1) is 13.8. The molecular weight excluding hydrogens is 437 g/mol. The van der Waals surface area contributed by atoms with Gasteiger partial charge in [-0.1, -0.05) is 35.3 Å². The average Bonchev–Trinajstić information content (AvgIpc) is 3.12. The van der Waals surface area contributed by atoms with Crippen LogP contribution in [0.25, 0.3) is 11.4 Å². The third kappa shape index (κ3) is 4.39. The van der Waals surface area contributed by atoms with E-state index in [4.69, 9.17) is 27.9 Å². The molecule has 0 bridgehead atoms. The van der Waals surface area contributed by atoms with E-state index in [2.05, 4.69) is 4.98 Å². The lowest BCUT2D eigenvalue weighted by molar-refractivity contribution is 0.0977. The molecule has 0 saturated carbocycles. The van der Waals surface area contributed by atoms with Crippen LogP contribution in [-0.4, -0.2) is 31.0 Å². The largest absolute Gasteiger partial charge is 0.497 e. The lowest BCUT2D eigenvalue weighted by Gasteiger charge is -2.09. The van der Waals surface area contributed by atoms with Gasteiger partial charge in [-0.15, -0.1) is 0 Å². The van der Waals surface area contributed by atoms with Crippen molar-refractivity contribution < 1.29 is 17.9 Å². The molecule has 3 rings (SSSR count). The topological polar surface area (TPSA) is 90.3 Å². The van der Waals surface area contributed by atoms with Crippen molar-refractivity contribution in [2.75, 3.05) is 7.11 Å². The monoisotopic (exact) mass is 453 g/mol. The summed E-state index contributed by atoms with van der Waals surface area (Å²) in [5.41, 5.74) is 0.568. The molecule has 0 aliphatic rings. The molecule has 3 aromatic rings. The number of hydrogen-bond donors (Lipinski definition) is 1. The van der Waals surface area contributed by atoms with Crippen LogP contribution in [0, 0.1) is 0 Å². The molecule has 152 valence electrons. The van der Waals surface area contributed by atoms with Crippen LogP contribution in [0.5, 0.6) is 5.75 Å². The van der Waals surface area contributed by atoms with E-state index in [-0.39, 0.29) is 15.6 Å². The fourth-order valence-corrected chi connectivity index (χ4v) is 4.37. The number of nitrogens with zero attached hydrogens (tertiary/aromatic N) is 2. The Bertz CT molecular complexity index is 1180. The number of methoxy groups -OCH3 is 1. The molecular formula is C19H17Cl2N3O4S. The highest BCUT2D eigenvalue weighted by atomic mass is 35.5. The Kier molecular flexibility index (Phi) is 6.16. The van der Waals surface area contributed by atoms with Gasteiger partial charge in [0.2, 0.25) is 0 Å². The lowest BCUT2D eigenvalue weighted by atomic mass is 10.2. The molecule has 1 N–H and O–H groups in total. The van der Waals surface area contributed by atoms with Crippen molar-refractivity contribution in [3.05, 3.63) is 64.4 Å². The normalized spacial score (nSPS) is 11.3. The van der Waals surface area contributed by atoms with Gasteiger partial charge in [-0.05, 0) is 31.2 Å². The average molecular weight is 454 g/mol. The number of aryl methyl sites for hydroxylation is 1. The van der Waals surface area contributed by atoms with Gasteiger partial charge in [0, 0.05) is 24.4 Å². The molecule has 0 aliphatic heterocycles. The molecule has 0 saturated heterocycles. The zero-order valence-corrected chi connectivity index (χ0v) is 17.8. The van der Waals surface area contributed by atoms with Gasteiger partial charge in [-0.25, -0.2) is 18.1 Å². The number of carbonyl (C=O) groups excluding carboxylic acids is 1. The summed E-state index contributed by atoms with van der Waals surface area (Å²) >= 11 is 12.2. The highest BCUT2D eigenvalue weighted by Crippen LogP contribution is 2.28.